The zero-order valence-corrected chi connectivity index (χ0v) is 16.6. The number of carboxylic acid groups (broad SMARTS) is 1. The van der Waals surface area contributed by atoms with E-state index in [0.29, 0.717) is 18.5 Å². The Morgan fingerprint density at radius 2 is 1.93 bits per heavy atom. The van der Waals surface area contributed by atoms with Crippen molar-refractivity contribution in [2.45, 2.75) is 41.0 Å². The fraction of sp³-hybridized carbons (Fsp3) is 0.476. The summed E-state index contributed by atoms with van der Waals surface area (Å²) in [4.78, 5) is 26.6. The standard InChI is InChI=1S/C21H27N3O3/c1-13(2)21(20(26)27)8-9-23(12-21)19(25)17-11-22-24(16(17)5)18-10-14(3)6-7-15(18)4/h6-7,10-11,13H,8-9,12H2,1-5H3,(H,26,27). The van der Waals surface area contributed by atoms with E-state index < -0.39 is 11.4 Å². The van der Waals surface area contributed by atoms with E-state index in [9.17, 15) is 14.7 Å². The average molecular weight is 369 g/mol. The van der Waals surface area contributed by atoms with Gasteiger partial charge in [0.2, 0.25) is 0 Å². The van der Waals surface area contributed by atoms with Gasteiger partial charge in [-0.25, -0.2) is 4.68 Å². The zero-order valence-electron chi connectivity index (χ0n) is 16.6. The highest BCUT2D eigenvalue weighted by molar-refractivity contribution is 5.96. The predicted octanol–water partition coefficient (Wildman–Crippen LogP) is 3.37. The lowest BCUT2D eigenvalue weighted by Crippen LogP contribution is -2.40. The van der Waals surface area contributed by atoms with Crippen molar-refractivity contribution < 1.29 is 14.7 Å². The van der Waals surface area contributed by atoms with Gasteiger partial charge in [-0.3, -0.25) is 9.59 Å². The van der Waals surface area contributed by atoms with Crippen LogP contribution >= 0.6 is 0 Å². The second-order valence-electron chi connectivity index (χ2n) is 7.94. The molecule has 144 valence electrons. The minimum Gasteiger partial charge on any atom is -0.481 e. The van der Waals surface area contributed by atoms with Crippen LogP contribution in [0.5, 0.6) is 0 Å². The SMILES string of the molecule is Cc1ccc(C)c(-n2ncc(C(=O)N3CCC(C(=O)O)(C(C)C)C3)c2C)c1. The Hall–Kier alpha value is -2.63. The summed E-state index contributed by atoms with van der Waals surface area (Å²) in [5.74, 6) is -1.00. The van der Waals surface area contributed by atoms with E-state index in [1.807, 2.05) is 52.8 Å². The number of carbonyl (C=O) groups excluding carboxylic acids is 1. The first-order valence-corrected chi connectivity index (χ1v) is 9.32. The lowest BCUT2D eigenvalue weighted by Gasteiger charge is -2.28. The Bertz CT molecular complexity index is 900. The molecule has 0 radical (unpaired) electrons. The van der Waals surface area contributed by atoms with E-state index in [-0.39, 0.29) is 18.4 Å². The number of benzene rings is 1. The largest absolute Gasteiger partial charge is 0.481 e. The van der Waals surface area contributed by atoms with Crippen molar-refractivity contribution in [1.82, 2.24) is 14.7 Å². The molecule has 3 rings (SSSR count). The minimum atomic E-state index is -0.868. The number of aliphatic carboxylic acids is 1. The molecule has 1 amide bonds. The number of rotatable bonds is 4. The van der Waals surface area contributed by atoms with Crippen LogP contribution < -0.4 is 0 Å². The number of hydrogen-bond acceptors (Lipinski definition) is 3. The van der Waals surface area contributed by atoms with Crippen LogP contribution in [0.25, 0.3) is 5.69 Å². The number of nitrogens with zero attached hydrogens (tertiary/aromatic N) is 3. The van der Waals surface area contributed by atoms with E-state index in [0.717, 1.165) is 22.5 Å². The monoisotopic (exact) mass is 369 g/mol. The van der Waals surface area contributed by atoms with Crippen molar-refractivity contribution in [3.05, 3.63) is 46.8 Å². The van der Waals surface area contributed by atoms with Crippen LogP contribution in [0.2, 0.25) is 0 Å². The molecule has 0 spiro atoms. The molecule has 6 nitrogen and oxygen atoms in total. The third-order valence-electron chi connectivity index (χ3n) is 5.95. The van der Waals surface area contributed by atoms with Crippen LogP contribution in [0.3, 0.4) is 0 Å². The number of hydrogen-bond donors (Lipinski definition) is 1. The molecule has 1 aliphatic rings. The molecule has 0 bridgehead atoms. The van der Waals surface area contributed by atoms with E-state index in [2.05, 4.69) is 5.10 Å². The summed E-state index contributed by atoms with van der Waals surface area (Å²) in [6, 6.07) is 6.14. The summed E-state index contributed by atoms with van der Waals surface area (Å²) in [6.07, 6.45) is 2.07. The smallest absolute Gasteiger partial charge is 0.311 e. The van der Waals surface area contributed by atoms with Crippen LogP contribution in [0, 0.1) is 32.1 Å². The van der Waals surface area contributed by atoms with E-state index in [1.165, 1.54) is 0 Å². The van der Waals surface area contributed by atoms with Gasteiger partial charge in [-0.1, -0.05) is 26.0 Å². The first-order chi connectivity index (χ1) is 12.7. The predicted molar refractivity (Wildman–Crippen MR) is 103 cm³/mol. The van der Waals surface area contributed by atoms with Crippen molar-refractivity contribution in [2.75, 3.05) is 13.1 Å². The number of likely N-dealkylation sites (tertiary alicyclic amines) is 1. The maximum Gasteiger partial charge on any atom is 0.311 e. The van der Waals surface area contributed by atoms with Gasteiger partial charge in [0.1, 0.15) is 0 Å². The third-order valence-corrected chi connectivity index (χ3v) is 5.95. The molecule has 2 aromatic rings. The molecule has 1 aromatic carbocycles. The second-order valence-corrected chi connectivity index (χ2v) is 7.94. The average Bonchev–Trinajstić information content (AvgIpc) is 3.22. The summed E-state index contributed by atoms with van der Waals surface area (Å²) in [6.45, 7) is 10.4. The van der Waals surface area contributed by atoms with Crippen LogP contribution in [0.15, 0.2) is 24.4 Å². The lowest BCUT2D eigenvalue weighted by molar-refractivity contribution is -0.150. The number of carboxylic acids is 1. The molecule has 0 saturated carbocycles. The minimum absolute atomic E-state index is 0.0356. The zero-order chi connectivity index (χ0) is 19.9. The van der Waals surface area contributed by atoms with Gasteiger partial charge in [-0.15, -0.1) is 0 Å². The van der Waals surface area contributed by atoms with Crippen LogP contribution in [0.1, 0.15) is 47.4 Å². The van der Waals surface area contributed by atoms with Gasteiger partial charge in [-0.05, 0) is 50.3 Å². The molecule has 1 aliphatic heterocycles. The van der Waals surface area contributed by atoms with Crippen molar-refractivity contribution >= 4 is 11.9 Å². The van der Waals surface area contributed by atoms with E-state index in [1.54, 1.807) is 15.8 Å². The molecule has 1 atom stereocenters. The number of carbonyl (C=O) groups is 2. The molecular weight excluding hydrogens is 342 g/mol. The molecule has 0 aliphatic carbocycles. The highest BCUT2D eigenvalue weighted by atomic mass is 16.4. The maximum absolute atomic E-state index is 13.1. The Balaban J connectivity index is 1.91. The highest BCUT2D eigenvalue weighted by Crippen LogP contribution is 2.38. The maximum atomic E-state index is 13.1. The Morgan fingerprint density at radius 1 is 1.22 bits per heavy atom. The van der Waals surface area contributed by atoms with Gasteiger partial charge in [-0.2, -0.15) is 5.10 Å². The second kappa shape index (κ2) is 6.83. The summed E-state index contributed by atoms with van der Waals surface area (Å²) in [7, 11) is 0. The summed E-state index contributed by atoms with van der Waals surface area (Å²) < 4.78 is 1.79. The van der Waals surface area contributed by atoms with Gasteiger partial charge in [0, 0.05) is 13.1 Å². The van der Waals surface area contributed by atoms with Gasteiger partial charge >= 0.3 is 5.97 Å². The summed E-state index contributed by atoms with van der Waals surface area (Å²) in [5.41, 5.74) is 3.59. The van der Waals surface area contributed by atoms with Crippen molar-refractivity contribution in [3.8, 4) is 5.69 Å². The Morgan fingerprint density at radius 3 is 2.52 bits per heavy atom. The van der Waals surface area contributed by atoms with Crippen molar-refractivity contribution in [1.29, 1.82) is 0 Å². The van der Waals surface area contributed by atoms with Gasteiger partial charge in [0.05, 0.1) is 28.6 Å². The molecule has 1 aromatic heterocycles. The molecule has 1 fully saturated rings. The fourth-order valence-electron chi connectivity index (χ4n) is 3.88. The number of aryl methyl sites for hydroxylation is 2. The van der Waals surface area contributed by atoms with Crippen LogP contribution in [-0.2, 0) is 4.79 Å². The molecule has 2 heterocycles. The first kappa shape index (κ1) is 19.1. The van der Waals surface area contributed by atoms with Gasteiger partial charge in [0.25, 0.3) is 5.91 Å². The third kappa shape index (κ3) is 3.13. The summed E-state index contributed by atoms with van der Waals surface area (Å²) in [5, 5.41) is 14.2. The number of amides is 1. The fourth-order valence-corrected chi connectivity index (χ4v) is 3.88. The van der Waals surface area contributed by atoms with E-state index >= 15 is 0 Å². The Kier molecular flexibility index (Phi) is 4.84. The molecule has 1 saturated heterocycles. The molecule has 1 N–H and O–H groups in total. The topological polar surface area (TPSA) is 75.4 Å². The van der Waals surface area contributed by atoms with Crippen LogP contribution in [-0.4, -0.2) is 44.8 Å². The normalized spacial score (nSPS) is 19.7. The van der Waals surface area contributed by atoms with E-state index in [4.69, 9.17) is 0 Å². The van der Waals surface area contributed by atoms with Gasteiger partial charge < -0.3 is 10.0 Å². The van der Waals surface area contributed by atoms with Gasteiger partial charge in [0.15, 0.2) is 0 Å². The first-order valence-electron chi connectivity index (χ1n) is 9.32. The summed E-state index contributed by atoms with van der Waals surface area (Å²) >= 11 is 0. The highest BCUT2D eigenvalue weighted by Gasteiger charge is 2.48. The quantitative estimate of drug-likeness (QED) is 0.896. The number of aromatic nitrogens is 2. The van der Waals surface area contributed by atoms with Crippen LogP contribution in [0.4, 0.5) is 0 Å². The van der Waals surface area contributed by atoms with Crippen molar-refractivity contribution in [2.24, 2.45) is 11.3 Å². The molecule has 6 heteroatoms. The Labute approximate surface area is 159 Å². The molecule has 1 unspecified atom stereocenters. The molecule has 27 heavy (non-hydrogen) atoms. The molecular formula is C21H27N3O3. The lowest BCUT2D eigenvalue weighted by atomic mass is 9.76. The van der Waals surface area contributed by atoms with Crippen molar-refractivity contribution in [3.63, 3.8) is 0 Å².